The molecule has 0 radical (unpaired) electrons. The summed E-state index contributed by atoms with van der Waals surface area (Å²) in [6.45, 7) is 0.684. The Labute approximate surface area is 139 Å². The summed E-state index contributed by atoms with van der Waals surface area (Å²) in [7, 11) is 0. The first kappa shape index (κ1) is 14.0. The van der Waals surface area contributed by atoms with Gasteiger partial charge in [-0.2, -0.15) is 0 Å². The number of carbonyl (C=O) groups excluding carboxylic acids is 1. The van der Waals surface area contributed by atoms with Crippen LogP contribution in [0.5, 0.6) is 0 Å². The van der Waals surface area contributed by atoms with E-state index in [4.69, 9.17) is 5.73 Å². The van der Waals surface area contributed by atoms with Gasteiger partial charge in [-0.15, -0.1) is 11.3 Å². The third-order valence-electron chi connectivity index (χ3n) is 4.19. The van der Waals surface area contributed by atoms with Crippen LogP contribution in [0, 0.1) is 0 Å². The maximum absolute atomic E-state index is 13.0. The van der Waals surface area contributed by atoms with Crippen molar-refractivity contribution in [3.05, 3.63) is 71.1 Å². The summed E-state index contributed by atoms with van der Waals surface area (Å²) in [5.41, 5.74) is 10.5. The molecule has 2 heterocycles. The molecule has 0 bridgehead atoms. The molecule has 1 aliphatic rings. The second-order valence-corrected chi connectivity index (χ2v) is 6.54. The van der Waals surface area contributed by atoms with Gasteiger partial charge < -0.3 is 10.6 Å². The van der Waals surface area contributed by atoms with Gasteiger partial charge in [0.1, 0.15) is 0 Å². The maximum Gasteiger partial charge on any atom is 0.258 e. The highest BCUT2D eigenvalue weighted by Crippen LogP contribution is 2.39. The largest absolute Gasteiger partial charge is 0.399 e. The highest BCUT2D eigenvalue weighted by atomic mass is 32.1. The molecule has 3 aromatic rings. The molecule has 0 saturated carbocycles. The fraction of sp³-hybridized carbons (Fsp3) is 0.105. The summed E-state index contributed by atoms with van der Waals surface area (Å²) in [5, 5.41) is 2.12. The maximum atomic E-state index is 13.0. The molecule has 0 atom stereocenters. The number of thiophene rings is 1. The number of nitrogens with two attached hydrogens (primary N) is 1. The zero-order valence-corrected chi connectivity index (χ0v) is 13.3. The molecular formula is C19H16N2OS. The van der Waals surface area contributed by atoms with Crippen molar-refractivity contribution in [1.29, 1.82) is 0 Å². The molecule has 0 aliphatic carbocycles. The number of benzene rings is 2. The first-order valence-electron chi connectivity index (χ1n) is 7.57. The number of hydrogen-bond acceptors (Lipinski definition) is 3. The summed E-state index contributed by atoms with van der Waals surface area (Å²) in [4.78, 5) is 16.1. The average molecular weight is 320 g/mol. The molecule has 0 spiro atoms. The van der Waals surface area contributed by atoms with E-state index in [0.717, 1.165) is 17.7 Å². The van der Waals surface area contributed by atoms with Crippen LogP contribution in [0.15, 0.2) is 60.0 Å². The number of nitrogens with zero attached hydrogens (tertiary/aromatic N) is 1. The molecule has 114 valence electrons. The molecule has 2 aromatic carbocycles. The smallest absolute Gasteiger partial charge is 0.258 e. The number of hydrogen-bond donors (Lipinski definition) is 1. The highest BCUT2D eigenvalue weighted by Gasteiger charge is 2.25. The van der Waals surface area contributed by atoms with Crippen LogP contribution in [0.3, 0.4) is 0 Å². The van der Waals surface area contributed by atoms with Gasteiger partial charge in [0.05, 0.1) is 5.69 Å². The Kier molecular flexibility index (Phi) is 3.39. The number of para-hydroxylation sites is 1. The number of anilines is 2. The van der Waals surface area contributed by atoms with Crippen molar-refractivity contribution in [1.82, 2.24) is 0 Å². The van der Waals surface area contributed by atoms with Crippen LogP contribution in [-0.4, -0.2) is 12.5 Å². The Morgan fingerprint density at radius 3 is 2.65 bits per heavy atom. The Morgan fingerprint density at radius 2 is 1.83 bits per heavy atom. The quantitative estimate of drug-likeness (QED) is 0.683. The van der Waals surface area contributed by atoms with E-state index in [1.54, 1.807) is 35.6 Å². The molecule has 1 amide bonds. The fourth-order valence-electron chi connectivity index (χ4n) is 3.02. The second-order valence-electron chi connectivity index (χ2n) is 5.62. The standard InChI is InChI=1S/C19H16N2OS/c20-15-7-5-14(6-8-15)19(22)21-11-9-13-10-12-23-18(13)16-3-1-2-4-17(16)21/h1-8,10,12H,9,11,20H2. The van der Waals surface area contributed by atoms with Crippen molar-refractivity contribution in [2.45, 2.75) is 6.42 Å². The highest BCUT2D eigenvalue weighted by molar-refractivity contribution is 7.13. The minimum absolute atomic E-state index is 0.0209. The second kappa shape index (κ2) is 5.56. The van der Waals surface area contributed by atoms with Gasteiger partial charge in [0, 0.05) is 28.2 Å². The van der Waals surface area contributed by atoms with E-state index in [2.05, 4.69) is 17.5 Å². The lowest BCUT2D eigenvalue weighted by molar-refractivity contribution is 0.0987. The molecule has 0 unspecified atom stereocenters. The van der Waals surface area contributed by atoms with E-state index in [9.17, 15) is 4.79 Å². The molecule has 2 N–H and O–H groups in total. The van der Waals surface area contributed by atoms with Gasteiger partial charge in [-0.1, -0.05) is 18.2 Å². The van der Waals surface area contributed by atoms with E-state index in [1.165, 1.54) is 10.4 Å². The lowest BCUT2D eigenvalue weighted by Gasteiger charge is -2.23. The van der Waals surface area contributed by atoms with Crippen LogP contribution in [0.25, 0.3) is 10.4 Å². The van der Waals surface area contributed by atoms with Gasteiger partial charge >= 0.3 is 0 Å². The zero-order valence-electron chi connectivity index (χ0n) is 12.5. The monoisotopic (exact) mass is 320 g/mol. The number of rotatable bonds is 1. The van der Waals surface area contributed by atoms with Crippen molar-refractivity contribution in [3.63, 3.8) is 0 Å². The summed E-state index contributed by atoms with van der Waals surface area (Å²) in [6.07, 6.45) is 0.869. The normalized spacial score (nSPS) is 13.1. The van der Waals surface area contributed by atoms with Gasteiger partial charge in [-0.05, 0) is 53.8 Å². The number of amides is 1. The van der Waals surface area contributed by atoms with E-state index in [-0.39, 0.29) is 5.91 Å². The van der Waals surface area contributed by atoms with Crippen LogP contribution < -0.4 is 10.6 Å². The van der Waals surface area contributed by atoms with Crippen molar-refractivity contribution in [3.8, 4) is 10.4 Å². The molecule has 23 heavy (non-hydrogen) atoms. The van der Waals surface area contributed by atoms with Gasteiger partial charge in [-0.3, -0.25) is 4.79 Å². The van der Waals surface area contributed by atoms with Gasteiger partial charge in [0.25, 0.3) is 5.91 Å². The zero-order chi connectivity index (χ0) is 15.8. The van der Waals surface area contributed by atoms with E-state index >= 15 is 0 Å². The summed E-state index contributed by atoms with van der Waals surface area (Å²) < 4.78 is 0. The molecule has 0 saturated heterocycles. The molecule has 1 aliphatic heterocycles. The van der Waals surface area contributed by atoms with Crippen molar-refractivity contribution < 1.29 is 4.79 Å². The number of fused-ring (bicyclic) bond motifs is 3. The van der Waals surface area contributed by atoms with E-state index in [0.29, 0.717) is 17.8 Å². The van der Waals surface area contributed by atoms with E-state index < -0.39 is 0 Å². The predicted octanol–water partition coefficient (Wildman–Crippen LogP) is 4.20. The topological polar surface area (TPSA) is 46.3 Å². The Bertz CT molecular complexity index is 867. The van der Waals surface area contributed by atoms with Gasteiger partial charge in [0.15, 0.2) is 0 Å². The molecule has 0 fully saturated rings. The fourth-order valence-corrected chi connectivity index (χ4v) is 4.00. The van der Waals surface area contributed by atoms with Gasteiger partial charge in [-0.25, -0.2) is 0 Å². The lowest BCUT2D eigenvalue weighted by Crippen LogP contribution is -2.32. The average Bonchev–Trinajstić information content (AvgIpc) is 2.98. The number of nitrogen functional groups attached to an aromatic ring is 1. The van der Waals surface area contributed by atoms with Crippen molar-refractivity contribution >= 4 is 28.6 Å². The van der Waals surface area contributed by atoms with Crippen LogP contribution in [-0.2, 0) is 6.42 Å². The Morgan fingerprint density at radius 1 is 1.04 bits per heavy atom. The predicted molar refractivity (Wildman–Crippen MR) is 96.0 cm³/mol. The third-order valence-corrected chi connectivity index (χ3v) is 5.18. The van der Waals surface area contributed by atoms with E-state index in [1.807, 2.05) is 23.1 Å². The van der Waals surface area contributed by atoms with Crippen molar-refractivity contribution in [2.75, 3.05) is 17.2 Å². The third kappa shape index (κ3) is 2.41. The minimum atomic E-state index is 0.0209. The first-order chi connectivity index (χ1) is 11.2. The van der Waals surface area contributed by atoms with Crippen LogP contribution in [0.2, 0.25) is 0 Å². The lowest BCUT2D eigenvalue weighted by atomic mass is 10.1. The summed E-state index contributed by atoms with van der Waals surface area (Å²) in [6, 6.07) is 17.4. The number of carbonyl (C=O) groups is 1. The minimum Gasteiger partial charge on any atom is -0.399 e. The molecule has 4 rings (SSSR count). The SMILES string of the molecule is Nc1ccc(C(=O)N2CCc3ccsc3-c3ccccc32)cc1. The van der Waals surface area contributed by atoms with Crippen LogP contribution >= 0.6 is 11.3 Å². The van der Waals surface area contributed by atoms with Crippen molar-refractivity contribution in [2.24, 2.45) is 0 Å². The van der Waals surface area contributed by atoms with Gasteiger partial charge in [0.2, 0.25) is 0 Å². The molecule has 4 heteroatoms. The molecular weight excluding hydrogens is 304 g/mol. The molecule has 3 nitrogen and oxygen atoms in total. The summed E-state index contributed by atoms with van der Waals surface area (Å²) in [5.74, 6) is 0.0209. The Balaban J connectivity index is 1.80. The van der Waals surface area contributed by atoms with Crippen LogP contribution in [0.4, 0.5) is 11.4 Å². The summed E-state index contributed by atoms with van der Waals surface area (Å²) >= 11 is 1.74. The molecule has 1 aromatic heterocycles. The first-order valence-corrected chi connectivity index (χ1v) is 8.45. The van der Waals surface area contributed by atoms with Crippen LogP contribution in [0.1, 0.15) is 15.9 Å². The Hall–Kier alpha value is -2.59.